The van der Waals surface area contributed by atoms with Crippen LogP contribution in [0.25, 0.3) is 32.0 Å². The van der Waals surface area contributed by atoms with Crippen molar-refractivity contribution in [2.75, 3.05) is 6.61 Å². The van der Waals surface area contributed by atoms with E-state index in [2.05, 4.69) is 9.97 Å². The largest absolute Gasteiger partial charge is 0.494 e. The Bertz CT molecular complexity index is 1530. The maximum absolute atomic E-state index is 12.9. The summed E-state index contributed by atoms with van der Waals surface area (Å²) in [6.45, 7) is 2.61. The molecule has 6 rings (SSSR count). The lowest BCUT2D eigenvalue weighted by Gasteiger charge is -2.00. The van der Waals surface area contributed by atoms with Gasteiger partial charge in [0.25, 0.3) is 5.56 Å². The number of benzene rings is 1. The molecule has 4 heterocycles. The second-order valence-electron chi connectivity index (χ2n) is 7.92. The summed E-state index contributed by atoms with van der Waals surface area (Å²) in [7, 11) is 0. The van der Waals surface area contributed by atoms with Crippen molar-refractivity contribution in [1.82, 2.24) is 15.0 Å². The Labute approximate surface area is 202 Å². The van der Waals surface area contributed by atoms with Gasteiger partial charge in [-0.3, -0.25) is 4.79 Å². The van der Waals surface area contributed by atoms with Crippen molar-refractivity contribution in [3.05, 3.63) is 51.1 Å². The summed E-state index contributed by atoms with van der Waals surface area (Å²) in [5.41, 5.74) is 2.06. The highest BCUT2D eigenvalue weighted by Crippen LogP contribution is 2.38. The zero-order chi connectivity index (χ0) is 22.4. The van der Waals surface area contributed by atoms with Gasteiger partial charge >= 0.3 is 0 Å². The Morgan fingerprint density at radius 1 is 1.12 bits per heavy atom. The Morgan fingerprint density at radius 2 is 2.03 bits per heavy atom. The van der Waals surface area contributed by atoms with Gasteiger partial charge in [0.2, 0.25) is 0 Å². The number of aromatic nitrogens is 3. The number of furan rings is 1. The molecule has 33 heavy (non-hydrogen) atoms. The fourth-order valence-electron chi connectivity index (χ4n) is 4.23. The molecule has 0 fully saturated rings. The first-order valence-electron chi connectivity index (χ1n) is 11.0. The lowest BCUT2D eigenvalue weighted by Crippen LogP contribution is -2.09. The van der Waals surface area contributed by atoms with E-state index in [0.717, 1.165) is 49.8 Å². The van der Waals surface area contributed by atoms with E-state index in [0.29, 0.717) is 23.3 Å². The zero-order valence-corrected chi connectivity index (χ0v) is 20.4. The first-order valence-corrected chi connectivity index (χ1v) is 13.5. The second kappa shape index (κ2) is 8.62. The summed E-state index contributed by atoms with van der Waals surface area (Å²) in [6, 6.07) is 9.67. The summed E-state index contributed by atoms with van der Waals surface area (Å²) in [5, 5.41) is 1.47. The van der Waals surface area contributed by atoms with Gasteiger partial charge in [-0.15, -0.1) is 22.7 Å². The number of fused-ring (bicyclic) bond motifs is 4. The molecule has 1 aliphatic carbocycles. The van der Waals surface area contributed by atoms with Crippen LogP contribution in [0.15, 0.2) is 49.0 Å². The van der Waals surface area contributed by atoms with Gasteiger partial charge in [-0.25, -0.2) is 9.97 Å². The summed E-state index contributed by atoms with van der Waals surface area (Å²) in [4.78, 5) is 27.5. The molecule has 1 aromatic carbocycles. The molecule has 0 saturated heterocycles. The van der Waals surface area contributed by atoms with Crippen LogP contribution in [0.1, 0.15) is 36.6 Å². The van der Waals surface area contributed by atoms with Crippen molar-refractivity contribution in [2.45, 2.75) is 48.5 Å². The third-order valence-electron chi connectivity index (χ3n) is 5.73. The summed E-state index contributed by atoms with van der Waals surface area (Å²) < 4.78 is 13.6. The van der Waals surface area contributed by atoms with Gasteiger partial charge in [0.1, 0.15) is 10.6 Å². The topological polar surface area (TPSA) is 81.0 Å². The second-order valence-corrected chi connectivity index (χ2v) is 11.3. The number of ether oxygens (including phenoxy) is 1. The molecule has 9 heteroatoms. The number of rotatable bonds is 5. The molecular weight excluding hydrogens is 474 g/mol. The number of aromatic amines is 1. The first-order chi connectivity index (χ1) is 16.2. The van der Waals surface area contributed by atoms with Crippen molar-refractivity contribution >= 4 is 54.9 Å². The highest BCUT2D eigenvalue weighted by atomic mass is 32.2. The van der Waals surface area contributed by atoms with Crippen LogP contribution in [0.2, 0.25) is 0 Å². The average molecular weight is 496 g/mol. The minimum atomic E-state index is -0.0729. The SMILES string of the molecule is CCOc1ccc2nc(Sc3ccc(-c4nc5sc6c(c5c(=O)[nH]4)CCCCC6)o3)sc2c1. The number of hydrogen-bond donors (Lipinski definition) is 1. The van der Waals surface area contributed by atoms with Crippen LogP contribution in [0.5, 0.6) is 5.75 Å². The number of thiophene rings is 1. The van der Waals surface area contributed by atoms with Gasteiger partial charge < -0.3 is 14.1 Å². The van der Waals surface area contributed by atoms with Crippen molar-refractivity contribution in [2.24, 2.45) is 0 Å². The van der Waals surface area contributed by atoms with E-state index in [1.54, 1.807) is 22.7 Å². The minimum Gasteiger partial charge on any atom is -0.494 e. The van der Waals surface area contributed by atoms with Crippen LogP contribution in [-0.4, -0.2) is 21.6 Å². The van der Waals surface area contributed by atoms with E-state index in [4.69, 9.17) is 14.1 Å². The molecule has 4 aromatic heterocycles. The van der Waals surface area contributed by atoms with E-state index in [1.807, 2.05) is 37.3 Å². The number of H-pyrrole nitrogens is 1. The van der Waals surface area contributed by atoms with Gasteiger partial charge in [0.05, 0.1) is 22.2 Å². The Hall–Kier alpha value is -2.62. The summed E-state index contributed by atoms with van der Waals surface area (Å²) >= 11 is 4.72. The summed E-state index contributed by atoms with van der Waals surface area (Å²) in [6.07, 6.45) is 5.55. The maximum Gasteiger partial charge on any atom is 0.260 e. The molecule has 1 aliphatic rings. The Morgan fingerprint density at radius 3 is 2.94 bits per heavy atom. The quantitative estimate of drug-likeness (QED) is 0.274. The molecule has 0 atom stereocenters. The molecule has 0 radical (unpaired) electrons. The molecule has 0 unspecified atom stereocenters. The number of hydrogen-bond acceptors (Lipinski definition) is 8. The number of nitrogens with zero attached hydrogens (tertiary/aromatic N) is 2. The van der Waals surface area contributed by atoms with Crippen LogP contribution in [0, 0.1) is 0 Å². The smallest absolute Gasteiger partial charge is 0.260 e. The number of nitrogens with one attached hydrogen (secondary N) is 1. The molecular formula is C24H21N3O3S3. The predicted molar refractivity (Wildman–Crippen MR) is 134 cm³/mol. The van der Waals surface area contributed by atoms with Crippen molar-refractivity contribution in [3.8, 4) is 17.3 Å². The zero-order valence-electron chi connectivity index (χ0n) is 18.0. The molecule has 0 bridgehead atoms. The molecule has 6 nitrogen and oxygen atoms in total. The average Bonchev–Trinajstić information content (AvgIpc) is 3.47. The van der Waals surface area contributed by atoms with Gasteiger partial charge in [-0.1, -0.05) is 6.42 Å². The normalized spacial score (nSPS) is 14.0. The first kappa shape index (κ1) is 20.9. The molecule has 0 amide bonds. The number of aryl methyl sites for hydroxylation is 2. The number of thiazole rings is 1. The van der Waals surface area contributed by atoms with E-state index in [1.165, 1.54) is 35.0 Å². The van der Waals surface area contributed by atoms with Gasteiger partial charge in [0, 0.05) is 4.88 Å². The predicted octanol–water partition coefficient (Wildman–Crippen LogP) is 6.67. The van der Waals surface area contributed by atoms with E-state index in [-0.39, 0.29) is 5.56 Å². The highest BCUT2D eigenvalue weighted by molar-refractivity contribution is 8.01. The fraction of sp³-hybridized carbons (Fsp3) is 0.292. The van der Waals surface area contributed by atoms with Crippen LogP contribution < -0.4 is 10.3 Å². The third kappa shape index (κ3) is 3.98. The standard InChI is InChI=1S/C24H21N3O3S3/c1-2-29-13-8-9-15-18(12-13)32-24(25-15)33-19-11-10-16(30-19)21-26-22(28)20-14-6-4-3-5-7-17(14)31-23(20)27-21/h8-12H,2-7H2,1H3,(H,26,27,28). The molecule has 1 N–H and O–H groups in total. The Kier molecular flexibility index (Phi) is 5.48. The van der Waals surface area contributed by atoms with E-state index < -0.39 is 0 Å². The molecule has 168 valence electrons. The third-order valence-corrected chi connectivity index (χ3v) is 8.91. The van der Waals surface area contributed by atoms with Gasteiger partial charge in [0.15, 0.2) is 21.0 Å². The van der Waals surface area contributed by atoms with Crippen molar-refractivity contribution in [3.63, 3.8) is 0 Å². The van der Waals surface area contributed by atoms with Crippen molar-refractivity contribution < 1.29 is 9.15 Å². The molecule has 0 spiro atoms. The lowest BCUT2D eigenvalue weighted by molar-refractivity contribution is 0.341. The molecule has 5 aromatic rings. The minimum absolute atomic E-state index is 0.0729. The van der Waals surface area contributed by atoms with Gasteiger partial charge in [-0.2, -0.15) is 0 Å². The monoisotopic (exact) mass is 495 g/mol. The van der Waals surface area contributed by atoms with Gasteiger partial charge in [-0.05, 0) is 80.3 Å². The van der Waals surface area contributed by atoms with Crippen LogP contribution in [-0.2, 0) is 12.8 Å². The van der Waals surface area contributed by atoms with E-state index in [9.17, 15) is 4.79 Å². The summed E-state index contributed by atoms with van der Waals surface area (Å²) in [5.74, 6) is 1.88. The lowest BCUT2D eigenvalue weighted by atomic mass is 10.1. The van der Waals surface area contributed by atoms with E-state index >= 15 is 0 Å². The maximum atomic E-state index is 12.9. The fourth-order valence-corrected chi connectivity index (χ4v) is 7.48. The highest BCUT2D eigenvalue weighted by Gasteiger charge is 2.20. The molecule has 0 saturated carbocycles. The van der Waals surface area contributed by atoms with Crippen LogP contribution in [0.3, 0.4) is 0 Å². The molecule has 0 aliphatic heterocycles. The van der Waals surface area contributed by atoms with Crippen molar-refractivity contribution in [1.29, 1.82) is 0 Å². The Balaban J connectivity index is 1.29. The van der Waals surface area contributed by atoms with Crippen LogP contribution in [0.4, 0.5) is 0 Å². The van der Waals surface area contributed by atoms with Crippen LogP contribution >= 0.6 is 34.4 Å².